The molecule has 2 aliphatic rings. The van der Waals surface area contributed by atoms with Gasteiger partial charge < -0.3 is 9.88 Å². The van der Waals surface area contributed by atoms with Gasteiger partial charge in [0.15, 0.2) is 0 Å². The summed E-state index contributed by atoms with van der Waals surface area (Å²) >= 11 is 0. The van der Waals surface area contributed by atoms with E-state index >= 15 is 0 Å². The molecular weight excluding hydrogens is 348 g/mol. The number of H-pyrrole nitrogens is 1. The average Bonchev–Trinajstić information content (AvgIpc) is 3.05. The fourth-order valence-corrected chi connectivity index (χ4v) is 5.03. The summed E-state index contributed by atoms with van der Waals surface area (Å²) in [6, 6.07) is 5.16. The van der Waals surface area contributed by atoms with E-state index in [1.165, 1.54) is 17.5 Å². The van der Waals surface area contributed by atoms with Crippen molar-refractivity contribution in [2.75, 3.05) is 19.6 Å². The normalized spacial score (nSPS) is 24.8. The van der Waals surface area contributed by atoms with Crippen molar-refractivity contribution in [1.29, 1.82) is 0 Å². The largest absolute Gasteiger partial charge is 0.342 e. The number of amides is 1. The van der Waals surface area contributed by atoms with E-state index < -0.39 is 0 Å². The summed E-state index contributed by atoms with van der Waals surface area (Å²) in [5.41, 5.74) is 4.81. The Balaban J connectivity index is 1.36. The average molecular weight is 383 g/mol. The molecule has 2 aliphatic heterocycles. The predicted molar refractivity (Wildman–Crippen MR) is 114 cm³/mol. The zero-order valence-corrected chi connectivity index (χ0v) is 17.8. The number of aromatic nitrogens is 2. The van der Waals surface area contributed by atoms with Crippen LogP contribution < -0.4 is 0 Å². The Kier molecular flexibility index (Phi) is 5.46. The number of likely N-dealkylation sites (tertiary alicyclic amines) is 2. The number of fused-ring (bicyclic) bond motifs is 1. The van der Waals surface area contributed by atoms with Crippen LogP contribution in [0.3, 0.4) is 0 Å². The van der Waals surface area contributed by atoms with E-state index in [-0.39, 0.29) is 0 Å². The van der Waals surface area contributed by atoms with E-state index in [0.29, 0.717) is 30.5 Å². The van der Waals surface area contributed by atoms with Crippen molar-refractivity contribution in [2.45, 2.75) is 77.8 Å². The summed E-state index contributed by atoms with van der Waals surface area (Å²) in [5, 5.41) is 0. The maximum absolute atomic E-state index is 12.9. The summed E-state index contributed by atoms with van der Waals surface area (Å²) in [6.45, 7) is 11.2. The van der Waals surface area contributed by atoms with Gasteiger partial charge in [-0.3, -0.25) is 9.69 Å². The van der Waals surface area contributed by atoms with Gasteiger partial charge in [0.25, 0.3) is 0 Å². The summed E-state index contributed by atoms with van der Waals surface area (Å²) in [7, 11) is 0. The third kappa shape index (κ3) is 3.82. The van der Waals surface area contributed by atoms with Crippen LogP contribution in [0.1, 0.15) is 68.8 Å². The highest BCUT2D eigenvalue weighted by atomic mass is 16.2. The molecule has 0 bridgehead atoms. The third-order valence-corrected chi connectivity index (χ3v) is 6.93. The second-order valence-electron chi connectivity index (χ2n) is 9.06. The van der Waals surface area contributed by atoms with E-state index in [4.69, 9.17) is 4.98 Å². The maximum atomic E-state index is 12.9. The summed E-state index contributed by atoms with van der Waals surface area (Å²) in [5.74, 6) is 1.89. The molecular formula is C23H34N4O. The number of imidazole rings is 1. The molecule has 2 atom stereocenters. The van der Waals surface area contributed by atoms with Gasteiger partial charge in [0.1, 0.15) is 5.82 Å². The van der Waals surface area contributed by atoms with Gasteiger partial charge in [-0.15, -0.1) is 0 Å². The van der Waals surface area contributed by atoms with Crippen molar-refractivity contribution in [3.8, 4) is 0 Å². The fourth-order valence-electron chi connectivity index (χ4n) is 5.03. The number of carbonyl (C=O) groups excluding carboxylic acids is 1. The van der Waals surface area contributed by atoms with E-state index in [2.05, 4.69) is 54.6 Å². The van der Waals surface area contributed by atoms with Gasteiger partial charge in [-0.05, 0) is 96.1 Å². The van der Waals surface area contributed by atoms with Crippen LogP contribution in [0, 0.1) is 13.8 Å². The lowest BCUT2D eigenvalue weighted by Gasteiger charge is -2.41. The molecule has 0 unspecified atom stereocenters. The van der Waals surface area contributed by atoms with Crippen LogP contribution in [0.25, 0.3) is 11.0 Å². The number of hydrogen-bond donors (Lipinski definition) is 1. The maximum Gasteiger partial charge on any atom is 0.237 e. The lowest BCUT2D eigenvalue weighted by molar-refractivity contribution is -0.138. The first kappa shape index (κ1) is 19.4. The van der Waals surface area contributed by atoms with Crippen LogP contribution >= 0.6 is 0 Å². The Labute approximate surface area is 168 Å². The molecule has 1 N–H and O–H groups in total. The number of piperidine rings is 2. The monoisotopic (exact) mass is 382 g/mol. The van der Waals surface area contributed by atoms with Crippen molar-refractivity contribution in [2.24, 2.45) is 0 Å². The molecule has 0 aliphatic carbocycles. The quantitative estimate of drug-likeness (QED) is 0.868. The third-order valence-electron chi connectivity index (χ3n) is 6.93. The van der Waals surface area contributed by atoms with Crippen molar-refractivity contribution >= 4 is 16.9 Å². The van der Waals surface area contributed by atoms with Crippen molar-refractivity contribution in [3.05, 3.63) is 29.1 Å². The van der Waals surface area contributed by atoms with Crippen molar-refractivity contribution < 1.29 is 4.79 Å². The molecule has 28 heavy (non-hydrogen) atoms. The number of hydrogen-bond acceptors (Lipinski definition) is 3. The molecule has 2 aromatic rings. The van der Waals surface area contributed by atoms with Crippen molar-refractivity contribution in [3.63, 3.8) is 0 Å². The summed E-state index contributed by atoms with van der Waals surface area (Å²) in [4.78, 5) is 25.8. The van der Waals surface area contributed by atoms with Crippen LogP contribution in [-0.4, -0.2) is 57.4 Å². The minimum Gasteiger partial charge on any atom is -0.342 e. The number of aromatic amines is 1. The van der Waals surface area contributed by atoms with Gasteiger partial charge >= 0.3 is 0 Å². The SMILES string of the molecule is Cc1cc2nc(C3CCN(CC(=O)N4[C@@H](C)CCC[C@@H]4C)CC3)[nH]c2cc1C. The standard InChI is InChI=1S/C23H34N4O/c1-15-12-20-21(13-16(15)2)25-23(24-20)19-8-10-26(11-9-19)14-22(28)27-17(3)6-5-7-18(27)4/h12-13,17-19H,5-11,14H2,1-4H3,(H,24,25)/t17-,18-/m0/s1. The van der Waals surface area contributed by atoms with Gasteiger partial charge in [-0.2, -0.15) is 0 Å². The van der Waals surface area contributed by atoms with Crippen LogP contribution in [0.5, 0.6) is 0 Å². The lowest BCUT2D eigenvalue weighted by Crippen LogP contribution is -2.51. The molecule has 152 valence electrons. The zero-order chi connectivity index (χ0) is 19.8. The molecule has 4 rings (SSSR count). The number of benzene rings is 1. The molecule has 1 aromatic carbocycles. The Morgan fingerprint density at radius 3 is 2.39 bits per heavy atom. The highest BCUT2D eigenvalue weighted by molar-refractivity contribution is 5.79. The first-order valence-electron chi connectivity index (χ1n) is 10.9. The first-order valence-corrected chi connectivity index (χ1v) is 10.9. The second-order valence-corrected chi connectivity index (χ2v) is 9.06. The summed E-state index contributed by atoms with van der Waals surface area (Å²) < 4.78 is 0. The highest BCUT2D eigenvalue weighted by Gasteiger charge is 2.31. The molecule has 0 radical (unpaired) electrons. The predicted octanol–water partition coefficient (Wildman–Crippen LogP) is 4.15. The van der Waals surface area contributed by atoms with Crippen LogP contribution in [0.4, 0.5) is 0 Å². The van der Waals surface area contributed by atoms with E-state index in [9.17, 15) is 4.79 Å². The minimum atomic E-state index is 0.313. The fraction of sp³-hybridized carbons (Fsp3) is 0.652. The lowest BCUT2D eigenvalue weighted by atomic mass is 9.95. The van der Waals surface area contributed by atoms with Crippen LogP contribution in [-0.2, 0) is 4.79 Å². The smallest absolute Gasteiger partial charge is 0.237 e. The Hall–Kier alpha value is -1.88. The molecule has 2 fully saturated rings. The van der Waals surface area contributed by atoms with E-state index in [1.54, 1.807) is 0 Å². The molecule has 3 heterocycles. The Bertz CT molecular complexity index is 801. The van der Waals surface area contributed by atoms with Gasteiger partial charge in [-0.1, -0.05) is 0 Å². The zero-order valence-electron chi connectivity index (χ0n) is 17.8. The van der Waals surface area contributed by atoms with Gasteiger partial charge in [0.05, 0.1) is 17.6 Å². The Morgan fingerprint density at radius 1 is 1.07 bits per heavy atom. The molecule has 0 spiro atoms. The van der Waals surface area contributed by atoms with Crippen molar-refractivity contribution in [1.82, 2.24) is 19.8 Å². The number of nitrogens with zero attached hydrogens (tertiary/aromatic N) is 3. The topological polar surface area (TPSA) is 52.2 Å². The van der Waals surface area contributed by atoms with E-state index in [1.807, 2.05) is 0 Å². The van der Waals surface area contributed by atoms with Crippen LogP contribution in [0.15, 0.2) is 12.1 Å². The summed E-state index contributed by atoms with van der Waals surface area (Å²) in [6.07, 6.45) is 5.66. The second kappa shape index (κ2) is 7.86. The molecule has 5 heteroatoms. The Morgan fingerprint density at radius 2 is 1.71 bits per heavy atom. The molecule has 2 saturated heterocycles. The van der Waals surface area contributed by atoms with Crippen LogP contribution in [0.2, 0.25) is 0 Å². The van der Waals surface area contributed by atoms with Gasteiger partial charge in [0.2, 0.25) is 5.91 Å². The minimum absolute atomic E-state index is 0.313. The molecule has 1 aromatic heterocycles. The van der Waals surface area contributed by atoms with Gasteiger partial charge in [-0.25, -0.2) is 4.98 Å². The van der Waals surface area contributed by atoms with Gasteiger partial charge in [0, 0.05) is 18.0 Å². The molecule has 5 nitrogen and oxygen atoms in total. The molecule has 0 saturated carbocycles. The first-order chi connectivity index (χ1) is 13.4. The number of rotatable bonds is 3. The number of carbonyl (C=O) groups is 1. The molecule has 1 amide bonds. The van der Waals surface area contributed by atoms with E-state index in [0.717, 1.165) is 55.6 Å². The number of nitrogens with one attached hydrogen (secondary N) is 1. The number of aryl methyl sites for hydroxylation is 2. The highest BCUT2D eigenvalue weighted by Crippen LogP contribution is 2.29.